The van der Waals surface area contributed by atoms with Crippen molar-refractivity contribution in [1.82, 2.24) is 5.32 Å². The number of carbonyl (C=O) groups is 1. The van der Waals surface area contributed by atoms with Gasteiger partial charge in [0.25, 0.3) is 0 Å². The molecule has 0 saturated carbocycles. The molecule has 0 aromatic carbocycles. The second-order valence-electron chi connectivity index (χ2n) is 6.83. The summed E-state index contributed by atoms with van der Waals surface area (Å²) < 4.78 is 0. The van der Waals surface area contributed by atoms with Gasteiger partial charge in [-0.15, -0.1) is 0 Å². The number of hydrogen-bond acceptors (Lipinski definition) is 2. The summed E-state index contributed by atoms with van der Waals surface area (Å²) in [6.45, 7) is 3.75. The van der Waals surface area contributed by atoms with Crippen molar-refractivity contribution in [2.45, 2.75) is 103 Å². The highest BCUT2D eigenvalue weighted by atomic mass is 16.1. The number of rotatable bonds is 18. The molecule has 0 unspecified atom stereocenters. The van der Waals surface area contributed by atoms with Gasteiger partial charge in [0.2, 0.25) is 5.91 Å². The highest BCUT2D eigenvalue weighted by molar-refractivity contribution is 5.75. The highest BCUT2D eigenvalue weighted by Crippen LogP contribution is 2.09. The maximum Gasteiger partial charge on any atom is 0.219 e. The van der Waals surface area contributed by atoms with Crippen molar-refractivity contribution in [2.75, 3.05) is 13.1 Å². The van der Waals surface area contributed by atoms with Gasteiger partial charge in [0.1, 0.15) is 0 Å². The van der Waals surface area contributed by atoms with Crippen LogP contribution in [0.3, 0.4) is 0 Å². The minimum atomic E-state index is 0.203. The van der Waals surface area contributed by atoms with Crippen LogP contribution in [0.2, 0.25) is 0 Å². The van der Waals surface area contributed by atoms with E-state index in [9.17, 15) is 4.79 Å². The van der Waals surface area contributed by atoms with Gasteiger partial charge in [-0.25, -0.2) is 0 Å². The van der Waals surface area contributed by atoms with Crippen molar-refractivity contribution in [3.63, 3.8) is 0 Å². The average Bonchev–Trinajstić information content (AvgIpc) is 2.59. The smallest absolute Gasteiger partial charge is 0.219 e. The second-order valence-corrected chi connectivity index (χ2v) is 6.83. The Labute approximate surface area is 150 Å². The highest BCUT2D eigenvalue weighted by Gasteiger charge is 1.99. The number of nitrogens with two attached hydrogens (primary N) is 1. The van der Waals surface area contributed by atoms with Gasteiger partial charge >= 0.3 is 0 Å². The molecular weight excluding hydrogens is 296 g/mol. The molecule has 3 N–H and O–H groups in total. The van der Waals surface area contributed by atoms with Crippen LogP contribution in [0.5, 0.6) is 0 Å². The molecule has 0 radical (unpaired) electrons. The van der Waals surface area contributed by atoms with Crippen molar-refractivity contribution in [3.8, 4) is 0 Å². The number of nitrogens with one attached hydrogen (secondary N) is 1. The molecule has 3 heteroatoms. The summed E-state index contributed by atoms with van der Waals surface area (Å²) in [5.74, 6) is 0.203. The first-order chi connectivity index (χ1) is 11.8. The van der Waals surface area contributed by atoms with Crippen LogP contribution in [0.15, 0.2) is 12.2 Å². The SMILES string of the molecule is CCCCCCC/C=C\CCCCCCCC(=O)NCCCCN. The van der Waals surface area contributed by atoms with Crippen molar-refractivity contribution < 1.29 is 4.79 Å². The Bertz CT molecular complexity index is 290. The van der Waals surface area contributed by atoms with Crippen LogP contribution >= 0.6 is 0 Å². The Kier molecular flexibility index (Phi) is 19.5. The van der Waals surface area contributed by atoms with Crippen LogP contribution in [0, 0.1) is 0 Å². The Balaban J connectivity index is 3.17. The monoisotopic (exact) mass is 338 g/mol. The predicted octanol–water partition coefficient (Wildman–Crippen LogP) is 5.49. The molecule has 0 saturated heterocycles. The minimum Gasteiger partial charge on any atom is -0.356 e. The molecule has 0 atom stereocenters. The number of carbonyl (C=O) groups excluding carboxylic acids is 1. The molecule has 1 amide bonds. The lowest BCUT2D eigenvalue weighted by molar-refractivity contribution is -0.121. The van der Waals surface area contributed by atoms with Crippen LogP contribution in [0.1, 0.15) is 103 Å². The number of allylic oxidation sites excluding steroid dienone is 2. The van der Waals surface area contributed by atoms with Crippen LogP contribution in [0.4, 0.5) is 0 Å². The lowest BCUT2D eigenvalue weighted by atomic mass is 10.1. The van der Waals surface area contributed by atoms with Crippen molar-refractivity contribution >= 4 is 5.91 Å². The van der Waals surface area contributed by atoms with E-state index in [-0.39, 0.29) is 5.91 Å². The molecule has 0 fully saturated rings. The first kappa shape index (κ1) is 23.2. The third-order valence-electron chi connectivity index (χ3n) is 4.37. The maximum atomic E-state index is 11.6. The average molecular weight is 339 g/mol. The Hall–Kier alpha value is -0.830. The summed E-state index contributed by atoms with van der Waals surface area (Å²) in [5, 5.41) is 2.96. The lowest BCUT2D eigenvalue weighted by Gasteiger charge is -2.04. The molecule has 0 aliphatic rings. The van der Waals surface area contributed by atoms with Crippen LogP contribution in [0.25, 0.3) is 0 Å². The summed E-state index contributed by atoms with van der Waals surface area (Å²) in [6, 6.07) is 0. The van der Waals surface area contributed by atoms with E-state index >= 15 is 0 Å². The van der Waals surface area contributed by atoms with Gasteiger partial charge in [0.05, 0.1) is 0 Å². The standard InChI is InChI=1S/C21H42N2O/c1-2-3-4-5-6-7-8-9-10-11-12-13-14-15-18-21(24)23-20-17-16-19-22/h8-9H,2-7,10-20,22H2,1H3,(H,23,24)/b9-8-. The third-order valence-corrected chi connectivity index (χ3v) is 4.37. The topological polar surface area (TPSA) is 55.1 Å². The van der Waals surface area contributed by atoms with Gasteiger partial charge in [-0.3, -0.25) is 4.79 Å². The Morgan fingerprint density at radius 1 is 0.792 bits per heavy atom. The van der Waals surface area contributed by atoms with Crippen molar-refractivity contribution in [2.24, 2.45) is 5.73 Å². The number of amides is 1. The summed E-state index contributed by atoms with van der Waals surface area (Å²) in [5.41, 5.74) is 5.42. The third kappa shape index (κ3) is 19.2. The first-order valence-corrected chi connectivity index (χ1v) is 10.4. The van der Waals surface area contributed by atoms with E-state index in [0.29, 0.717) is 13.0 Å². The second kappa shape index (κ2) is 20.2. The molecule has 3 nitrogen and oxygen atoms in total. The van der Waals surface area contributed by atoms with Crippen molar-refractivity contribution in [1.29, 1.82) is 0 Å². The molecule has 0 bridgehead atoms. The Morgan fingerprint density at radius 3 is 2.00 bits per heavy atom. The number of hydrogen-bond donors (Lipinski definition) is 2. The largest absolute Gasteiger partial charge is 0.356 e. The van der Waals surface area contributed by atoms with E-state index < -0.39 is 0 Å². The quantitative estimate of drug-likeness (QED) is 0.256. The maximum absolute atomic E-state index is 11.6. The zero-order chi connectivity index (χ0) is 17.7. The molecule has 0 aromatic heterocycles. The van der Waals surface area contributed by atoms with E-state index in [2.05, 4.69) is 24.4 Å². The Morgan fingerprint density at radius 2 is 1.38 bits per heavy atom. The molecule has 0 aliphatic heterocycles. The van der Waals surface area contributed by atoms with E-state index in [0.717, 1.165) is 25.8 Å². The molecule has 0 rings (SSSR count). The molecule has 0 aliphatic carbocycles. The summed E-state index contributed by atoms with van der Waals surface area (Å²) >= 11 is 0. The lowest BCUT2D eigenvalue weighted by Crippen LogP contribution is -2.24. The summed E-state index contributed by atoms with van der Waals surface area (Å²) in [7, 11) is 0. The first-order valence-electron chi connectivity index (χ1n) is 10.4. The zero-order valence-electron chi connectivity index (χ0n) is 16.2. The normalized spacial score (nSPS) is 11.2. The van der Waals surface area contributed by atoms with E-state index in [4.69, 9.17) is 5.73 Å². The van der Waals surface area contributed by atoms with Crippen LogP contribution < -0.4 is 11.1 Å². The van der Waals surface area contributed by atoms with Gasteiger partial charge in [0.15, 0.2) is 0 Å². The summed E-state index contributed by atoms with van der Waals surface area (Å²) in [6.07, 6.45) is 22.8. The van der Waals surface area contributed by atoms with Gasteiger partial charge in [-0.1, -0.05) is 64.0 Å². The fourth-order valence-electron chi connectivity index (χ4n) is 2.77. The summed E-state index contributed by atoms with van der Waals surface area (Å²) in [4.78, 5) is 11.6. The van der Waals surface area contributed by atoms with Gasteiger partial charge in [-0.05, 0) is 51.5 Å². The van der Waals surface area contributed by atoms with Gasteiger partial charge in [0, 0.05) is 13.0 Å². The molecule has 0 aromatic rings. The van der Waals surface area contributed by atoms with E-state index in [1.807, 2.05) is 0 Å². The molecule has 0 spiro atoms. The van der Waals surface area contributed by atoms with Crippen molar-refractivity contribution in [3.05, 3.63) is 12.2 Å². The van der Waals surface area contributed by atoms with Gasteiger partial charge < -0.3 is 11.1 Å². The van der Waals surface area contributed by atoms with Crippen LogP contribution in [-0.4, -0.2) is 19.0 Å². The van der Waals surface area contributed by atoms with Crippen LogP contribution in [-0.2, 0) is 4.79 Å². The number of unbranched alkanes of at least 4 members (excludes halogenated alkanes) is 11. The minimum absolute atomic E-state index is 0.203. The fourth-order valence-corrected chi connectivity index (χ4v) is 2.77. The molecule has 0 heterocycles. The van der Waals surface area contributed by atoms with Gasteiger partial charge in [-0.2, -0.15) is 0 Å². The van der Waals surface area contributed by atoms with E-state index in [1.54, 1.807) is 0 Å². The molecular formula is C21H42N2O. The molecule has 142 valence electrons. The molecule has 24 heavy (non-hydrogen) atoms. The predicted molar refractivity (Wildman–Crippen MR) is 106 cm³/mol. The van der Waals surface area contributed by atoms with E-state index in [1.165, 1.54) is 70.6 Å². The zero-order valence-corrected chi connectivity index (χ0v) is 16.2. The fraction of sp³-hybridized carbons (Fsp3) is 0.857.